The van der Waals surface area contributed by atoms with Crippen LogP contribution in [0.3, 0.4) is 0 Å². The lowest BCUT2D eigenvalue weighted by molar-refractivity contribution is 0.0607. The molecule has 0 radical (unpaired) electrons. The van der Waals surface area contributed by atoms with Crippen molar-refractivity contribution in [1.82, 2.24) is 10.2 Å². The fourth-order valence-corrected chi connectivity index (χ4v) is 5.40. The molecule has 0 aromatic heterocycles. The van der Waals surface area contributed by atoms with Crippen LogP contribution in [0.25, 0.3) is 0 Å². The summed E-state index contributed by atoms with van der Waals surface area (Å²) < 4.78 is 25.1. The molecule has 0 atom stereocenters. The smallest absolute Gasteiger partial charge is 0.253 e. The summed E-state index contributed by atoms with van der Waals surface area (Å²) in [6.45, 7) is 4.26. The highest BCUT2D eigenvalue weighted by Gasteiger charge is 2.38. The van der Waals surface area contributed by atoms with Crippen LogP contribution in [0.1, 0.15) is 35.2 Å². The largest absolute Gasteiger partial charge is 0.339 e. The number of piperidine rings is 1. The van der Waals surface area contributed by atoms with Crippen molar-refractivity contribution in [2.24, 2.45) is 5.41 Å². The van der Waals surface area contributed by atoms with Crippen LogP contribution in [0.15, 0.2) is 18.2 Å². The van der Waals surface area contributed by atoms with Crippen LogP contribution in [0.5, 0.6) is 0 Å². The maximum atomic E-state index is 12.9. The Morgan fingerprint density at radius 1 is 1.16 bits per heavy atom. The average Bonchev–Trinajstić information content (AvgIpc) is 3.21. The number of carbonyl (C=O) groups is 1. The van der Waals surface area contributed by atoms with Gasteiger partial charge in [-0.1, -0.05) is 0 Å². The van der Waals surface area contributed by atoms with Crippen LogP contribution in [-0.4, -0.2) is 58.2 Å². The summed E-state index contributed by atoms with van der Waals surface area (Å²) in [5.41, 5.74) is 2.73. The normalized spacial score (nSPS) is 22.4. The van der Waals surface area contributed by atoms with Crippen LogP contribution in [0.4, 0.5) is 5.69 Å². The van der Waals surface area contributed by atoms with Crippen molar-refractivity contribution in [2.45, 2.75) is 25.7 Å². The van der Waals surface area contributed by atoms with E-state index in [4.69, 9.17) is 0 Å². The molecule has 1 aromatic rings. The Labute approximate surface area is 149 Å². The quantitative estimate of drug-likeness (QED) is 0.858. The number of hydrogen-bond donors (Lipinski definition) is 1. The molecular formula is C18H25N3O3S. The Morgan fingerprint density at radius 3 is 2.56 bits per heavy atom. The number of sulfonamides is 1. The molecule has 1 aromatic carbocycles. The molecule has 0 saturated carbocycles. The number of anilines is 1. The highest BCUT2D eigenvalue weighted by Crippen LogP contribution is 2.37. The van der Waals surface area contributed by atoms with Gasteiger partial charge in [0.15, 0.2) is 0 Å². The fourth-order valence-electron chi connectivity index (χ4n) is 4.44. The van der Waals surface area contributed by atoms with Crippen molar-refractivity contribution in [3.8, 4) is 0 Å². The molecule has 1 amide bonds. The Balaban J connectivity index is 1.49. The van der Waals surface area contributed by atoms with Gasteiger partial charge in [-0.3, -0.25) is 9.10 Å². The zero-order valence-corrected chi connectivity index (χ0v) is 15.4. The summed E-state index contributed by atoms with van der Waals surface area (Å²) in [6, 6.07) is 5.43. The number of nitrogens with one attached hydrogen (secondary N) is 1. The van der Waals surface area contributed by atoms with Crippen LogP contribution >= 0.6 is 0 Å². The van der Waals surface area contributed by atoms with Gasteiger partial charge in [0.1, 0.15) is 0 Å². The second-order valence-electron chi connectivity index (χ2n) is 7.65. The predicted molar refractivity (Wildman–Crippen MR) is 97.4 cm³/mol. The average molecular weight is 363 g/mol. The zero-order valence-electron chi connectivity index (χ0n) is 14.6. The molecule has 0 unspecified atom stereocenters. The molecule has 0 aliphatic carbocycles. The number of likely N-dealkylation sites (tertiary alicyclic amines) is 1. The second kappa shape index (κ2) is 5.99. The van der Waals surface area contributed by atoms with E-state index < -0.39 is 10.0 Å². The highest BCUT2D eigenvalue weighted by molar-refractivity contribution is 7.92. The topological polar surface area (TPSA) is 69.7 Å². The summed E-state index contributed by atoms with van der Waals surface area (Å²) >= 11 is 0. The molecule has 4 rings (SSSR count). The maximum absolute atomic E-state index is 12.9. The van der Waals surface area contributed by atoms with E-state index in [1.807, 2.05) is 11.0 Å². The summed E-state index contributed by atoms with van der Waals surface area (Å²) in [7, 11) is -3.25. The third-order valence-electron chi connectivity index (χ3n) is 6.02. The van der Waals surface area contributed by atoms with Gasteiger partial charge in [0, 0.05) is 31.7 Å². The molecule has 25 heavy (non-hydrogen) atoms. The Hall–Kier alpha value is -1.60. The van der Waals surface area contributed by atoms with Gasteiger partial charge in [-0.15, -0.1) is 0 Å². The van der Waals surface area contributed by atoms with Gasteiger partial charge in [0.05, 0.1) is 11.9 Å². The zero-order chi connectivity index (χ0) is 17.7. The first-order valence-corrected chi connectivity index (χ1v) is 10.8. The van der Waals surface area contributed by atoms with Crippen molar-refractivity contribution in [1.29, 1.82) is 0 Å². The summed E-state index contributed by atoms with van der Waals surface area (Å²) in [5, 5.41) is 3.45. The highest BCUT2D eigenvalue weighted by atomic mass is 32.2. The van der Waals surface area contributed by atoms with Gasteiger partial charge in [-0.2, -0.15) is 0 Å². The van der Waals surface area contributed by atoms with Crippen molar-refractivity contribution in [2.75, 3.05) is 43.3 Å². The van der Waals surface area contributed by atoms with E-state index in [2.05, 4.69) is 5.32 Å². The van der Waals surface area contributed by atoms with Crippen molar-refractivity contribution < 1.29 is 13.2 Å². The number of carbonyl (C=O) groups excluding carboxylic acids is 1. The lowest BCUT2D eigenvalue weighted by atomic mass is 9.78. The number of benzene rings is 1. The van der Waals surface area contributed by atoms with Gasteiger partial charge < -0.3 is 10.2 Å². The minimum Gasteiger partial charge on any atom is -0.339 e. The van der Waals surface area contributed by atoms with E-state index in [1.54, 1.807) is 12.1 Å². The van der Waals surface area contributed by atoms with Gasteiger partial charge in [-0.25, -0.2) is 8.42 Å². The van der Waals surface area contributed by atoms with Gasteiger partial charge >= 0.3 is 0 Å². The van der Waals surface area contributed by atoms with E-state index in [0.717, 1.165) is 44.6 Å². The van der Waals surface area contributed by atoms with Crippen LogP contribution in [-0.2, 0) is 16.4 Å². The van der Waals surface area contributed by atoms with E-state index in [9.17, 15) is 13.2 Å². The number of nitrogens with zero attached hydrogens (tertiary/aromatic N) is 2. The molecule has 3 aliphatic heterocycles. The Morgan fingerprint density at radius 2 is 1.92 bits per heavy atom. The monoisotopic (exact) mass is 363 g/mol. The lowest BCUT2D eigenvalue weighted by Crippen LogP contribution is -2.44. The molecule has 7 heteroatoms. The van der Waals surface area contributed by atoms with E-state index in [0.29, 0.717) is 29.6 Å². The van der Waals surface area contributed by atoms with Crippen LogP contribution in [0, 0.1) is 5.41 Å². The standard InChI is InChI=1S/C18H25N3O3S/c1-25(23,24)21-9-4-14-12-15(2-3-16(14)21)17(22)20-10-6-18(7-11-20)5-8-19-13-18/h2-3,12,19H,4-11,13H2,1H3. The molecule has 2 saturated heterocycles. The SMILES string of the molecule is CS(=O)(=O)N1CCc2cc(C(=O)N3CCC4(CCNC4)CC3)ccc21. The first-order chi connectivity index (χ1) is 11.9. The van der Waals surface area contributed by atoms with Gasteiger partial charge in [-0.05, 0) is 61.4 Å². The molecule has 3 heterocycles. The minimum absolute atomic E-state index is 0.0708. The lowest BCUT2D eigenvalue weighted by Gasteiger charge is -2.39. The molecule has 1 N–H and O–H groups in total. The first-order valence-electron chi connectivity index (χ1n) is 8.99. The molecular weight excluding hydrogens is 338 g/mol. The van der Waals surface area contributed by atoms with Crippen molar-refractivity contribution in [3.63, 3.8) is 0 Å². The van der Waals surface area contributed by atoms with E-state index in [-0.39, 0.29) is 5.91 Å². The molecule has 2 fully saturated rings. The van der Waals surface area contributed by atoms with Crippen LogP contribution in [0.2, 0.25) is 0 Å². The Kier molecular flexibility index (Phi) is 4.03. The third kappa shape index (κ3) is 3.04. The summed E-state index contributed by atoms with van der Waals surface area (Å²) in [5.74, 6) is 0.0708. The number of rotatable bonds is 2. The van der Waals surface area contributed by atoms with Gasteiger partial charge in [0.25, 0.3) is 5.91 Å². The first kappa shape index (κ1) is 16.8. The molecule has 0 bridgehead atoms. The second-order valence-corrected chi connectivity index (χ2v) is 9.55. The van der Waals surface area contributed by atoms with Gasteiger partial charge in [0.2, 0.25) is 10.0 Å². The number of hydrogen-bond acceptors (Lipinski definition) is 4. The minimum atomic E-state index is -3.25. The predicted octanol–water partition coefficient (Wildman–Crippen LogP) is 1.22. The molecule has 136 valence electrons. The molecule has 6 nitrogen and oxygen atoms in total. The molecule has 1 spiro atoms. The number of fused-ring (bicyclic) bond motifs is 1. The molecule has 3 aliphatic rings. The third-order valence-corrected chi connectivity index (χ3v) is 7.20. The van der Waals surface area contributed by atoms with E-state index in [1.165, 1.54) is 17.0 Å². The van der Waals surface area contributed by atoms with Crippen molar-refractivity contribution >= 4 is 21.6 Å². The fraction of sp³-hybridized carbons (Fsp3) is 0.611. The number of amides is 1. The Bertz CT molecular complexity index is 790. The summed E-state index contributed by atoms with van der Waals surface area (Å²) in [6.07, 6.45) is 5.24. The summed E-state index contributed by atoms with van der Waals surface area (Å²) in [4.78, 5) is 14.8. The van der Waals surface area contributed by atoms with Crippen LogP contribution < -0.4 is 9.62 Å². The van der Waals surface area contributed by atoms with E-state index >= 15 is 0 Å². The maximum Gasteiger partial charge on any atom is 0.253 e. The van der Waals surface area contributed by atoms with Crippen molar-refractivity contribution in [3.05, 3.63) is 29.3 Å².